The molecule has 0 N–H and O–H groups in total. The lowest BCUT2D eigenvalue weighted by Crippen LogP contribution is -2.33. The predicted octanol–water partition coefficient (Wildman–Crippen LogP) is 2.77. The molecule has 0 saturated heterocycles. The minimum atomic E-state index is -0.132. The maximum Gasteiger partial charge on any atom is 0.272 e. The quantitative estimate of drug-likeness (QED) is 0.758. The van der Waals surface area contributed by atoms with E-state index in [2.05, 4.69) is 4.98 Å². The minimum Gasteiger partial charge on any atom is -0.491 e. The number of hydrogen-bond donors (Lipinski definition) is 0. The van der Waals surface area contributed by atoms with Crippen molar-refractivity contribution in [1.29, 1.82) is 0 Å². The Balaban J connectivity index is 1.86. The number of halogens is 1. The van der Waals surface area contributed by atoms with E-state index in [0.29, 0.717) is 30.5 Å². The van der Waals surface area contributed by atoms with E-state index in [0.717, 1.165) is 11.3 Å². The van der Waals surface area contributed by atoms with Crippen LogP contribution in [-0.4, -0.2) is 28.9 Å². The van der Waals surface area contributed by atoms with Gasteiger partial charge in [0.05, 0.1) is 6.54 Å². The number of hydrogen-bond acceptors (Lipinski definition) is 3. The van der Waals surface area contributed by atoms with Gasteiger partial charge in [-0.2, -0.15) is 0 Å². The van der Waals surface area contributed by atoms with Gasteiger partial charge >= 0.3 is 0 Å². The number of benzene rings is 1. The van der Waals surface area contributed by atoms with Crippen molar-refractivity contribution in [2.75, 3.05) is 13.2 Å². The Labute approximate surface area is 122 Å². The highest BCUT2D eigenvalue weighted by atomic mass is 35.5. The van der Waals surface area contributed by atoms with E-state index in [-0.39, 0.29) is 5.91 Å². The number of amides is 1. The molecule has 20 heavy (non-hydrogen) atoms. The second-order valence-electron chi connectivity index (χ2n) is 4.53. The maximum absolute atomic E-state index is 12.5. The molecule has 102 valence electrons. The molecule has 0 atom stereocenters. The third-order valence-electron chi connectivity index (χ3n) is 3.17. The van der Waals surface area contributed by atoms with Crippen LogP contribution in [0, 0.1) is 0 Å². The number of nitrogens with zero attached hydrogens (tertiary/aromatic N) is 2. The Hall–Kier alpha value is -2.07. The largest absolute Gasteiger partial charge is 0.491 e. The van der Waals surface area contributed by atoms with Crippen LogP contribution in [0.5, 0.6) is 5.75 Å². The third kappa shape index (κ3) is 2.60. The van der Waals surface area contributed by atoms with Crippen LogP contribution in [-0.2, 0) is 6.54 Å². The first-order valence-corrected chi connectivity index (χ1v) is 6.74. The Kier molecular flexibility index (Phi) is 3.56. The van der Waals surface area contributed by atoms with Crippen LogP contribution in [0.15, 0.2) is 42.5 Å². The van der Waals surface area contributed by atoms with Gasteiger partial charge in [-0.25, -0.2) is 4.98 Å². The molecule has 0 spiro atoms. The molecule has 1 aliphatic rings. The first-order valence-electron chi connectivity index (χ1n) is 6.36. The molecule has 3 rings (SSSR count). The molecule has 1 aromatic heterocycles. The smallest absolute Gasteiger partial charge is 0.272 e. The molecule has 0 fully saturated rings. The van der Waals surface area contributed by atoms with Gasteiger partial charge in [0.25, 0.3) is 5.91 Å². The van der Waals surface area contributed by atoms with E-state index in [9.17, 15) is 4.79 Å². The van der Waals surface area contributed by atoms with Gasteiger partial charge in [0, 0.05) is 12.1 Å². The lowest BCUT2D eigenvalue weighted by Gasteiger charge is -2.19. The van der Waals surface area contributed by atoms with E-state index in [1.165, 1.54) is 0 Å². The number of carbonyl (C=O) groups is 1. The van der Waals surface area contributed by atoms with Gasteiger partial charge in [-0.1, -0.05) is 35.9 Å². The molecule has 0 saturated carbocycles. The fraction of sp³-hybridized carbons (Fsp3) is 0.200. The lowest BCUT2D eigenvalue weighted by atomic mass is 10.2. The predicted molar refractivity (Wildman–Crippen MR) is 75.9 cm³/mol. The first-order chi connectivity index (χ1) is 9.74. The fourth-order valence-corrected chi connectivity index (χ4v) is 2.35. The topological polar surface area (TPSA) is 42.4 Å². The summed E-state index contributed by atoms with van der Waals surface area (Å²) in [6, 6.07) is 12.8. The van der Waals surface area contributed by atoms with Crippen molar-refractivity contribution >= 4 is 17.5 Å². The normalized spacial score (nSPS) is 14.2. The Morgan fingerprint density at radius 3 is 2.90 bits per heavy atom. The Morgan fingerprint density at radius 2 is 2.05 bits per heavy atom. The molecule has 0 unspecified atom stereocenters. The van der Waals surface area contributed by atoms with Crippen molar-refractivity contribution in [3.63, 3.8) is 0 Å². The number of pyridine rings is 1. The second-order valence-corrected chi connectivity index (χ2v) is 4.92. The van der Waals surface area contributed by atoms with Crippen molar-refractivity contribution in [1.82, 2.24) is 9.88 Å². The number of para-hydroxylation sites is 1. The molecule has 1 aliphatic heterocycles. The number of rotatable bonds is 1. The van der Waals surface area contributed by atoms with Crippen LogP contribution in [0.1, 0.15) is 16.1 Å². The highest BCUT2D eigenvalue weighted by molar-refractivity contribution is 6.29. The van der Waals surface area contributed by atoms with Crippen LogP contribution in [0.3, 0.4) is 0 Å². The molecule has 2 heterocycles. The van der Waals surface area contributed by atoms with Crippen LogP contribution in [0.4, 0.5) is 0 Å². The molecular weight excluding hydrogens is 276 g/mol. The first kappa shape index (κ1) is 12.9. The summed E-state index contributed by atoms with van der Waals surface area (Å²) < 4.78 is 5.65. The zero-order valence-electron chi connectivity index (χ0n) is 10.8. The summed E-state index contributed by atoms with van der Waals surface area (Å²) in [6.07, 6.45) is 0. The highest BCUT2D eigenvalue weighted by Crippen LogP contribution is 2.23. The van der Waals surface area contributed by atoms with Crippen molar-refractivity contribution in [2.24, 2.45) is 0 Å². The van der Waals surface area contributed by atoms with E-state index in [4.69, 9.17) is 16.3 Å². The van der Waals surface area contributed by atoms with Crippen molar-refractivity contribution in [3.05, 3.63) is 58.9 Å². The van der Waals surface area contributed by atoms with Gasteiger partial charge in [-0.15, -0.1) is 0 Å². The molecule has 0 bridgehead atoms. The van der Waals surface area contributed by atoms with Gasteiger partial charge in [-0.3, -0.25) is 4.79 Å². The standard InChI is InChI=1S/C15H13ClN2O2/c16-14-7-3-5-12(17-14)15(19)18-8-9-20-13-6-2-1-4-11(13)10-18/h1-7H,8-10H2. The minimum absolute atomic E-state index is 0.132. The number of ether oxygens (including phenoxy) is 1. The molecule has 1 amide bonds. The summed E-state index contributed by atoms with van der Waals surface area (Å²) in [7, 11) is 0. The molecule has 0 radical (unpaired) electrons. The number of fused-ring (bicyclic) bond motifs is 1. The SMILES string of the molecule is O=C(c1cccc(Cl)n1)N1CCOc2ccccc2C1. The molecule has 0 aliphatic carbocycles. The summed E-state index contributed by atoms with van der Waals surface area (Å²) in [5, 5.41) is 0.322. The fourth-order valence-electron chi connectivity index (χ4n) is 2.19. The summed E-state index contributed by atoms with van der Waals surface area (Å²) in [4.78, 5) is 18.3. The maximum atomic E-state index is 12.5. The van der Waals surface area contributed by atoms with Crippen LogP contribution in [0.25, 0.3) is 0 Å². The molecule has 5 heteroatoms. The summed E-state index contributed by atoms with van der Waals surface area (Å²) in [6.45, 7) is 1.52. The van der Waals surface area contributed by atoms with E-state index in [1.807, 2.05) is 24.3 Å². The third-order valence-corrected chi connectivity index (χ3v) is 3.38. The van der Waals surface area contributed by atoms with Gasteiger partial charge in [0.1, 0.15) is 23.2 Å². The second kappa shape index (κ2) is 5.51. The molecule has 2 aromatic rings. The number of aromatic nitrogens is 1. The van der Waals surface area contributed by atoms with E-state index < -0.39 is 0 Å². The summed E-state index contributed by atoms with van der Waals surface area (Å²) in [5.74, 6) is 0.703. The Morgan fingerprint density at radius 1 is 1.20 bits per heavy atom. The Bertz CT molecular complexity index is 645. The van der Waals surface area contributed by atoms with Crippen molar-refractivity contribution in [3.8, 4) is 5.75 Å². The zero-order valence-corrected chi connectivity index (χ0v) is 11.5. The molecule has 4 nitrogen and oxygen atoms in total. The monoisotopic (exact) mass is 288 g/mol. The van der Waals surface area contributed by atoms with E-state index in [1.54, 1.807) is 23.1 Å². The molecule has 1 aromatic carbocycles. The number of carbonyl (C=O) groups excluding carboxylic acids is 1. The van der Waals surface area contributed by atoms with Crippen LogP contribution >= 0.6 is 11.6 Å². The lowest BCUT2D eigenvalue weighted by molar-refractivity contribution is 0.0727. The molecular formula is C15H13ClN2O2. The average Bonchev–Trinajstić information content (AvgIpc) is 2.68. The average molecular weight is 289 g/mol. The van der Waals surface area contributed by atoms with Gasteiger partial charge in [0.15, 0.2) is 0 Å². The van der Waals surface area contributed by atoms with Crippen molar-refractivity contribution < 1.29 is 9.53 Å². The van der Waals surface area contributed by atoms with Gasteiger partial charge in [0.2, 0.25) is 0 Å². The summed E-state index contributed by atoms with van der Waals surface area (Å²) in [5.41, 5.74) is 1.36. The van der Waals surface area contributed by atoms with Crippen LogP contribution in [0.2, 0.25) is 5.15 Å². The zero-order chi connectivity index (χ0) is 13.9. The van der Waals surface area contributed by atoms with E-state index >= 15 is 0 Å². The van der Waals surface area contributed by atoms with Gasteiger partial charge < -0.3 is 9.64 Å². The van der Waals surface area contributed by atoms with Crippen molar-refractivity contribution in [2.45, 2.75) is 6.54 Å². The van der Waals surface area contributed by atoms with Crippen LogP contribution < -0.4 is 4.74 Å². The van der Waals surface area contributed by atoms with Gasteiger partial charge in [-0.05, 0) is 18.2 Å². The highest BCUT2D eigenvalue weighted by Gasteiger charge is 2.21. The summed E-state index contributed by atoms with van der Waals surface area (Å²) >= 11 is 5.83.